The van der Waals surface area contributed by atoms with E-state index in [0.29, 0.717) is 10.6 Å². The zero-order valence-corrected chi connectivity index (χ0v) is 19.1. The van der Waals surface area contributed by atoms with E-state index >= 15 is 0 Å². The maximum absolute atomic E-state index is 12.6. The Kier molecular flexibility index (Phi) is 8.39. The van der Waals surface area contributed by atoms with Crippen LogP contribution in [0.3, 0.4) is 0 Å². The van der Waals surface area contributed by atoms with E-state index in [1.54, 1.807) is 24.3 Å². The van der Waals surface area contributed by atoms with Gasteiger partial charge in [-0.25, -0.2) is 4.79 Å². The largest absolute Gasteiger partial charge is 0.490 e. The Morgan fingerprint density at radius 1 is 1.18 bits per heavy atom. The highest BCUT2D eigenvalue weighted by atomic mass is 127. The lowest BCUT2D eigenvalue weighted by Gasteiger charge is -2.36. The van der Waals surface area contributed by atoms with Crippen molar-refractivity contribution in [3.05, 3.63) is 62.7 Å². The molecule has 0 heterocycles. The van der Waals surface area contributed by atoms with E-state index in [0.717, 1.165) is 9.32 Å². The zero-order valence-electron chi connectivity index (χ0n) is 16.2. The number of halogens is 2. The first-order valence-electron chi connectivity index (χ1n) is 8.93. The molecular weight excluding hydrogens is 493 g/mol. The van der Waals surface area contributed by atoms with Crippen molar-refractivity contribution in [3.8, 4) is 5.75 Å². The second-order valence-corrected chi connectivity index (χ2v) is 8.95. The normalized spacial score (nSPS) is 12.4. The molecule has 0 aromatic heterocycles. The predicted molar refractivity (Wildman–Crippen MR) is 119 cm³/mol. The van der Waals surface area contributed by atoms with Crippen LogP contribution in [0.4, 0.5) is 4.79 Å². The van der Waals surface area contributed by atoms with Gasteiger partial charge in [-0.15, -0.1) is 0 Å². The number of aliphatic hydroxyl groups excluding tert-OH is 1. The first kappa shape index (κ1) is 22.8. The lowest BCUT2D eigenvalue weighted by Crippen LogP contribution is -2.48. The summed E-state index contributed by atoms with van der Waals surface area (Å²) >= 11 is 8.21. The number of hydrogen-bond donors (Lipinski definition) is 1. The maximum atomic E-state index is 12.6. The van der Waals surface area contributed by atoms with Crippen molar-refractivity contribution in [1.29, 1.82) is 0 Å². The van der Waals surface area contributed by atoms with Crippen molar-refractivity contribution in [1.82, 2.24) is 4.90 Å². The molecule has 1 N–H and O–H groups in total. The van der Waals surface area contributed by atoms with Gasteiger partial charge >= 0.3 is 6.09 Å². The first-order chi connectivity index (χ1) is 13.2. The van der Waals surface area contributed by atoms with Crippen molar-refractivity contribution in [3.63, 3.8) is 0 Å². The van der Waals surface area contributed by atoms with Gasteiger partial charge in [-0.05, 0) is 85.3 Å². The second kappa shape index (κ2) is 10.3. The summed E-state index contributed by atoms with van der Waals surface area (Å²) < 4.78 is 12.1. The minimum Gasteiger partial charge on any atom is -0.490 e. The number of ether oxygens (including phenoxy) is 2. The standard InChI is InChI=1S/C21H25ClINO4/c1-21(2,3)24(14-19(25)15-5-4-6-16(22)13-15)20(26)28-12-11-27-18-9-7-17(23)8-10-18/h4-10,13,19,25H,11-12,14H2,1-3H3/t19-/m0/s1. The van der Waals surface area contributed by atoms with E-state index in [9.17, 15) is 9.90 Å². The third-order valence-corrected chi connectivity index (χ3v) is 4.96. The fraction of sp³-hybridized carbons (Fsp3) is 0.381. The summed E-state index contributed by atoms with van der Waals surface area (Å²) in [6, 6.07) is 14.6. The molecular formula is C21H25ClINO4. The molecule has 0 radical (unpaired) electrons. The minimum atomic E-state index is -0.867. The maximum Gasteiger partial charge on any atom is 0.410 e. The zero-order chi connectivity index (χ0) is 20.7. The lowest BCUT2D eigenvalue weighted by atomic mass is 10.0. The van der Waals surface area contributed by atoms with Crippen LogP contribution in [0, 0.1) is 3.57 Å². The number of nitrogens with zero attached hydrogens (tertiary/aromatic N) is 1. The Bertz CT molecular complexity index is 777. The highest BCUT2D eigenvalue weighted by Crippen LogP contribution is 2.23. The van der Waals surface area contributed by atoms with Crippen LogP contribution in [0.15, 0.2) is 48.5 Å². The summed E-state index contributed by atoms with van der Waals surface area (Å²) in [6.07, 6.45) is -1.37. The number of carbonyl (C=O) groups is 1. The van der Waals surface area contributed by atoms with E-state index < -0.39 is 17.7 Å². The van der Waals surface area contributed by atoms with Crippen molar-refractivity contribution in [2.45, 2.75) is 32.4 Å². The summed E-state index contributed by atoms with van der Waals surface area (Å²) in [7, 11) is 0. The van der Waals surface area contributed by atoms with Gasteiger partial charge in [0.1, 0.15) is 19.0 Å². The van der Waals surface area contributed by atoms with Gasteiger partial charge in [0.25, 0.3) is 0 Å². The van der Waals surface area contributed by atoms with E-state index in [4.69, 9.17) is 21.1 Å². The Morgan fingerprint density at radius 3 is 2.46 bits per heavy atom. The van der Waals surface area contributed by atoms with Gasteiger partial charge in [0.05, 0.1) is 12.6 Å². The van der Waals surface area contributed by atoms with Gasteiger partial charge in [-0.3, -0.25) is 0 Å². The van der Waals surface area contributed by atoms with Crippen molar-refractivity contribution < 1.29 is 19.4 Å². The number of hydrogen-bond acceptors (Lipinski definition) is 4. The molecule has 152 valence electrons. The number of amides is 1. The average molecular weight is 518 g/mol. The molecule has 0 fully saturated rings. The third kappa shape index (κ3) is 7.14. The van der Waals surface area contributed by atoms with Gasteiger partial charge in [0, 0.05) is 14.1 Å². The highest BCUT2D eigenvalue weighted by Gasteiger charge is 2.30. The van der Waals surface area contributed by atoms with Crippen LogP contribution in [0.25, 0.3) is 0 Å². The molecule has 1 amide bonds. The van der Waals surface area contributed by atoms with Crippen LogP contribution < -0.4 is 4.74 Å². The Hall–Kier alpha value is -1.51. The molecule has 5 nitrogen and oxygen atoms in total. The van der Waals surface area contributed by atoms with E-state index in [2.05, 4.69) is 22.6 Å². The molecule has 0 aliphatic rings. The predicted octanol–water partition coefficient (Wildman–Crippen LogP) is 5.29. The lowest BCUT2D eigenvalue weighted by molar-refractivity contribution is 0.0313. The molecule has 2 rings (SSSR count). The quantitative estimate of drug-likeness (QED) is 0.400. The number of rotatable bonds is 7. The molecule has 0 spiro atoms. The Labute approximate surface area is 184 Å². The summed E-state index contributed by atoms with van der Waals surface area (Å²) in [5.41, 5.74) is 0.129. The van der Waals surface area contributed by atoms with Crippen molar-refractivity contribution in [2.24, 2.45) is 0 Å². The van der Waals surface area contributed by atoms with Crippen LogP contribution in [0.1, 0.15) is 32.4 Å². The Balaban J connectivity index is 1.90. The van der Waals surface area contributed by atoms with Crippen LogP contribution in [0.5, 0.6) is 5.75 Å². The number of β-amino-alcohol motifs (C(OH)–C–C–N with tert-alkyl or cyclic N) is 1. The molecule has 0 saturated heterocycles. The molecule has 2 aromatic carbocycles. The molecule has 2 aromatic rings. The topological polar surface area (TPSA) is 59.0 Å². The fourth-order valence-electron chi connectivity index (χ4n) is 2.51. The van der Waals surface area contributed by atoms with Crippen molar-refractivity contribution >= 4 is 40.3 Å². The molecule has 1 atom stereocenters. The number of benzene rings is 2. The van der Waals surface area contributed by atoms with E-state index in [-0.39, 0.29) is 19.8 Å². The van der Waals surface area contributed by atoms with Crippen LogP contribution in [0.2, 0.25) is 5.02 Å². The highest BCUT2D eigenvalue weighted by molar-refractivity contribution is 14.1. The first-order valence-corrected chi connectivity index (χ1v) is 10.4. The van der Waals surface area contributed by atoms with Gasteiger partial charge in [-0.1, -0.05) is 23.7 Å². The molecule has 7 heteroatoms. The minimum absolute atomic E-state index is 0.0979. The van der Waals surface area contributed by atoms with Gasteiger partial charge in [-0.2, -0.15) is 0 Å². The van der Waals surface area contributed by atoms with Crippen molar-refractivity contribution in [2.75, 3.05) is 19.8 Å². The average Bonchev–Trinajstić information content (AvgIpc) is 2.63. The van der Waals surface area contributed by atoms with Crippen LogP contribution >= 0.6 is 34.2 Å². The fourth-order valence-corrected chi connectivity index (χ4v) is 3.07. The second-order valence-electron chi connectivity index (χ2n) is 7.27. The number of aliphatic hydroxyl groups is 1. The molecule has 28 heavy (non-hydrogen) atoms. The smallest absolute Gasteiger partial charge is 0.410 e. The van der Waals surface area contributed by atoms with Gasteiger partial charge in [0.15, 0.2) is 0 Å². The van der Waals surface area contributed by atoms with E-state index in [1.165, 1.54) is 4.90 Å². The molecule has 0 saturated carbocycles. The van der Waals surface area contributed by atoms with Crippen LogP contribution in [-0.2, 0) is 4.74 Å². The summed E-state index contributed by atoms with van der Waals surface area (Å²) in [5, 5.41) is 11.1. The molecule has 0 aliphatic heterocycles. The molecule has 0 bridgehead atoms. The summed E-state index contributed by atoms with van der Waals surface area (Å²) in [4.78, 5) is 14.1. The summed E-state index contributed by atoms with van der Waals surface area (Å²) in [5.74, 6) is 0.723. The SMILES string of the molecule is CC(C)(C)N(C[C@H](O)c1cccc(Cl)c1)C(=O)OCCOc1ccc(I)cc1. The van der Waals surface area contributed by atoms with Gasteiger partial charge < -0.3 is 19.5 Å². The number of carbonyl (C=O) groups excluding carboxylic acids is 1. The molecule has 0 aliphatic carbocycles. The van der Waals surface area contributed by atoms with E-state index in [1.807, 2.05) is 45.0 Å². The Morgan fingerprint density at radius 2 is 1.86 bits per heavy atom. The van der Waals surface area contributed by atoms with Gasteiger partial charge in [0.2, 0.25) is 0 Å². The van der Waals surface area contributed by atoms with Crippen LogP contribution in [-0.4, -0.2) is 41.4 Å². The third-order valence-electron chi connectivity index (χ3n) is 4.01. The molecule has 0 unspecified atom stereocenters. The summed E-state index contributed by atoms with van der Waals surface area (Å²) in [6.45, 7) is 6.13. The monoisotopic (exact) mass is 517 g/mol.